The molecule has 0 aliphatic heterocycles. The predicted molar refractivity (Wildman–Crippen MR) is 99.0 cm³/mol. The maximum absolute atomic E-state index is 13.3. The van der Waals surface area contributed by atoms with Crippen LogP contribution in [0.2, 0.25) is 5.02 Å². The largest absolute Gasteiger partial charge is 0.477 e. The highest BCUT2D eigenvalue weighted by atomic mass is 35.5. The van der Waals surface area contributed by atoms with Gasteiger partial charge in [-0.05, 0) is 29.8 Å². The first-order valence-electron chi connectivity index (χ1n) is 8.26. The summed E-state index contributed by atoms with van der Waals surface area (Å²) in [6.45, 7) is 0.282. The van der Waals surface area contributed by atoms with Crippen molar-refractivity contribution in [3.05, 3.63) is 83.3 Å². The van der Waals surface area contributed by atoms with Crippen molar-refractivity contribution in [3.63, 3.8) is 0 Å². The highest BCUT2D eigenvalue weighted by Crippen LogP contribution is 2.26. The molecule has 0 N–H and O–H groups in total. The fourth-order valence-corrected chi connectivity index (χ4v) is 2.93. The van der Waals surface area contributed by atoms with E-state index >= 15 is 0 Å². The van der Waals surface area contributed by atoms with Gasteiger partial charge in [0.25, 0.3) is 0 Å². The lowest BCUT2D eigenvalue weighted by molar-refractivity contribution is 0.304. The quantitative estimate of drug-likeness (QED) is 0.488. The molecule has 0 saturated carbocycles. The Labute approximate surface area is 159 Å². The van der Waals surface area contributed by atoms with Crippen LogP contribution in [0.4, 0.5) is 8.78 Å². The van der Waals surface area contributed by atoms with Gasteiger partial charge in [0.2, 0.25) is 5.88 Å². The Kier molecular flexibility index (Phi) is 4.73. The molecule has 136 valence electrons. The van der Waals surface area contributed by atoms with E-state index in [2.05, 4.69) is 9.97 Å². The van der Waals surface area contributed by atoms with E-state index in [9.17, 15) is 8.78 Å². The molecule has 0 atom stereocenters. The molecule has 2 heterocycles. The summed E-state index contributed by atoms with van der Waals surface area (Å²) in [4.78, 5) is 8.51. The number of hydrogen-bond acceptors (Lipinski definition) is 3. The van der Waals surface area contributed by atoms with Crippen LogP contribution in [0.1, 0.15) is 5.56 Å². The number of rotatable bonds is 5. The maximum atomic E-state index is 13.3. The molecule has 0 aliphatic carbocycles. The van der Waals surface area contributed by atoms with Crippen LogP contribution in [0.25, 0.3) is 16.9 Å². The van der Waals surface area contributed by atoms with Gasteiger partial charge in [-0.3, -0.25) is 9.38 Å². The van der Waals surface area contributed by atoms with E-state index in [-0.39, 0.29) is 6.61 Å². The fourth-order valence-electron chi connectivity index (χ4n) is 2.81. The highest BCUT2D eigenvalue weighted by molar-refractivity contribution is 6.30. The molecule has 0 fully saturated rings. The fraction of sp³-hybridized carbons (Fsp3) is 0.100. The van der Waals surface area contributed by atoms with Gasteiger partial charge in [0, 0.05) is 17.0 Å². The summed E-state index contributed by atoms with van der Waals surface area (Å²) in [6.07, 6.45) is 5.40. The van der Waals surface area contributed by atoms with Crippen molar-refractivity contribution >= 4 is 17.2 Å². The molecule has 4 nitrogen and oxygen atoms in total. The minimum atomic E-state index is -0.865. The monoisotopic (exact) mass is 385 g/mol. The Bertz CT molecular complexity index is 1100. The number of fused-ring (bicyclic) bond motifs is 1. The van der Waals surface area contributed by atoms with Crippen molar-refractivity contribution in [1.82, 2.24) is 14.4 Å². The lowest BCUT2D eigenvalue weighted by Gasteiger charge is -2.11. The maximum Gasteiger partial charge on any atom is 0.218 e. The van der Waals surface area contributed by atoms with Crippen LogP contribution in [0.5, 0.6) is 5.88 Å². The number of hydrogen-bond donors (Lipinski definition) is 0. The summed E-state index contributed by atoms with van der Waals surface area (Å²) in [6, 6.07) is 11.2. The normalized spacial score (nSPS) is 11.1. The second-order valence-electron chi connectivity index (χ2n) is 5.94. The van der Waals surface area contributed by atoms with Crippen molar-refractivity contribution < 1.29 is 13.5 Å². The predicted octanol–water partition coefficient (Wildman–Crippen LogP) is 4.95. The first-order valence-corrected chi connectivity index (χ1v) is 8.64. The van der Waals surface area contributed by atoms with Gasteiger partial charge < -0.3 is 4.74 Å². The minimum Gasteiger partial charge on any atom is -0.477 e. The van der Waals surface area contributed by atoms with Crippen LogP contribution in [-0.2, 0) is 6.42 Å². The second-order valence-corrected chi connectivity index (χ2v) is 6.37. The number of ether oxygens (including phenoxy) is 1. The van der Waals surface area contributed by atoms with Crippen molar-refractivity contribution in [2.45, 2.75) is 6.42 Å². The molecule has 0 amide bonds. The van der Waals surface area contributed by atoms with Gasteiger partial charge in [-0.25, -0.2) is 13.8 Å². The molecule has 4 aromatic rings. The van der Waals surface area contributed by atoms with E-state index in [1.165, 1.54) is 12.1 Å². The van der Waals surface area contributed by atoms with E-state index < -0.39 is 11.6 Å². The van der Waals surface area contributed by atoms with Gasteiger partial charge in [-0.1, -0.05) is 29.8 Å². The van der Waals surface area contributed by atoms with Crippen LogP contribution in [0.3, 0.4) is 0 Å². The summed E-state index contributed by atoms with van der Waals surface area (Å²) < 4.78 is 34.0. The molecule has 4 rings (SSSR count). The molecule has 2 aromatic carbocycles. The molecule has 2 aromatic heterocycles. The zero-order valence-electron chi connectivity index (χ0n) is 14.1. The Hall–Kier alpha value is -2.99. The van der Waals surface area contributed by atoms with Gasteiger partial charge in [-0.15, -0.1) is 0 Å². The number of aromatic nitrogens is 3. The molecule has 0 radical (unpaired) electrons. The zero-order valence-corrected chi connectivity index (χ0v) is 14.8. The van der Waals surface area contributed by atoms with E-state index in [1.54, 1.807) is 30.7 Å². The molecule has 0 saturated heterocycles. The third-order valence-corrected chi connectivity index (χ3v) is 4.40. The van der Waals surface area contributed by atoms with Crippen LogP contribution in [0.15, 0.2) is 61.1 Å². The smallest absolute Gasteiger partial charge is 0.218 e. The van der Waals surface area contributed by atoms with Gasteiger partial charge >= 0.3 is 0 Å². The summed E-state index contributed by atoms with van der Waals surface area (Å²) >= 11 is 5.96. The van der Waals surface area contributed by atoms with Gasteiger partial charge in [0.15, 0.2) is 17.3 Å². The lowest BCUT2D eigenvalue weighted by atomic mass is 10.1. The standard InChI is InChI=1S/C20H14ClF2N3O/c21-15-4-2-14(3-5-15)18-10-25-19-11-24-12-20(26(18)19)27-8-7-13-1-6-16(22)17(23)9-13/h1-6,9-12H,7-8H2. The number of halogens is 3. The SMILES string of the molecule is Fc1ccc(CCOc2cncc3ncc(-c4ccc(Cl)cc4)n23)cc1F. The third kappa shape index (κ3) is 3.61. The summed E-state index contributed by atoms with van der Waals surface area (Å²) in [5, 5.41) is 0.650. The minimum absolute atomic E-state index is 0.282. The van der Waals surface area contributed by atoms with E-state index in [4.69, 9.17) is 16.3 Å². The Morgan fingerprint density at radius 3 is 2.56 bits per heavy atom. The van der Waals surface area contributed by atoms with Crippen LogP contribution >= 0.6 is 11.6 Å². The van der Waals surface area contributed by atoms with Gasteiger partial charge in [0.05, 0.1) is 30.9 Å². The van der Waals surface area contributed by atoms with Crippen LogP contribution in [0, 0.1) is 11.6 Å². The number of benzene rings is 2. The summed E-state index contributed by atoms with van der Waals surface area (Å²) in [7, 11) is 0. The molecular formula is C20H14ClF2N3O. The van der Waals surface area contributed by atoms with Gasteiger partial charge in [-0.2, -0.15) is 0 Å². The molecule has 27 heavy (non-hydrogen) atoms. The van der Waals surface area contributed by atoms with Crippen molar-refractivity contribution in [2.75, 3.05) is 6.61 Å². The summed E-state index contributed by atoms with van der Waals surface area (Å²) in [5.41, 5.74) is 3.07. The Morgan fingerprint density at radius 2 is 1.78 bits per heavy atom. The molecule has 0 unspecified atom stereocenters. The first-order chi connectivity index (χ1) is 13.1. The van der Waals surface area contributed by atoms with E-state index in [0.29, 0.717) is 28.5 Å². The average Bonchev–Trinajstić information content (AvgIpc) is 3.10. The van der Waals surface area contributed by atoms with Crippen LogP contribution < -0.4 is 4.74 Å². The van der Waals surface area contributed by atoms with Crippen molar-refractivity contribution in [3.8, 4) is 17.1 Å². The third-order valence-electron chi connectivity index (χ3n) is 4.15. The average molecular weight is 386 g/mol. The van der Waals surface area contributed by atoms with E-state index in [1.807, 2.05) is 16.5 Å². The van der Waals surface area contributed by atoms with Crippen molar-refractivity contribution in [2.24, 2.45) is 0 Å². The molecule has 0 aliphatic rings. The molecule has 7 heteroatoms. The Morgan fingerprint density at radius 1 is 0.963 bits per heavy atom. The first kappa shape index (κ1) is 17.4. The lowest BCUT2D eigenvalue weighted by Crippen LogP contribution is -2.06. The number of nitrogens with zero attached hydrogens (tertiary/aromatic N) is 3. The highest BCUT2D eigenvalue weighted by Gasteiger charge is 2.11. The van der Waals surface area contributed by atoms with Gasteiger partial charge in [0.1, 0.15) is 0 Å². The second kappa shape index (κ2) is 7.32. The molecule has 0 bridgehead atoms. The topological polar surface area (TPSA) is 39.4 Å². The van der Waals surface area contributed by atoms with E-state index in [0.717, 1.165) is 17.3 Å². The Balaban J connectivity index is 1.59. The molecular weight excluding hydrogens is 372 g/mol. The van der Waals surface area contributed by atoms with Crippen molar-refractivity contribution in [1.29, 1.82) is 0 Å². The molecule has 0 spiro atoms. The zero-order chi connectivity index (χ0) is 18.8. The van der Waals surface area contributed by atoms with Crippen LogP contribution in [-0.4, -0.2) is 21.0 Å². The number of imidazole rings is 1. The summed E-state index contributed by atoms with van der Waals surface area (Å²) in [5.74, 6) is -1.21.